The standard InChI is InChI=1S/C16H22N2O4S/c1-12(19)18-9-10-22-16-11-14(7-8-15(16)18)23(20,21)17-13-5-3-2-4-6-13/h7-8,11,13,17H,2-6,9-10H2,1H3. The van der Waals surface area contributed by atoms with E-state index in [0.717, 1.165) is 25.7 Å². The molecule has 3 rings (SSSR count). The molecule has 0 unspecified atom stereocenters. The van der Waals surface area contributed by atoms with E-state index >= 15 is 0 Å². The van der Waals surface area contributed by atoms with Gasteiger partial charge in [0.2, 0.25) is 15.9 Å². The minimum atomic E-state index is -3.56. The van der Waals surface area contributed by atoms with Crippen LogP contribution in [0.15, 0.2) is 23.1 Å². The predicted octanol–water partition coefficient (Wildman–Crippen LogP) is 2.04. The minimum Gasteiger partial charge on any atom is -0.489 e. The Morgan fingerprint density at radius 3 is 2.70 bits per heavy atom. The average Bonchev–Trinajstić information content (AvgIpc) is 2.54. The quantitative estimate of drug-likeness (QED) is 0.915. The molecule has 0 saturated heterocycles. The van der Waals surface area contributed by atoms with Crippen molar-refractivity contribution in [2.24, 2.45) is 0 Å². The highest BCUT2D eigenvalue weighted by Crippen LogP contribution is 2.34. The number of rotatable bonds is 3. The van der Waals surface area contributed by atoms with Crippen molar-refractivity contribution in [3.63, 3.8) is 0 Å². The largest absolute Gasteiger partial charge is 0.489 e. The normalized spacial score (nSPS) is 19.1. The smallest absolute Gasteiger partial charge is 0.240 e. The Hall–Kier alpha value is -1.60. The topological polar surface area (TPSA) is 75.7 Å². The summed E-state index contributed by atoms with van der Waals surface area (Å²) in [5.74, 6) is 0.364. The van der Waals surface area contributed by atoms with Crippen LogP contribution in [0.4, 0.5) is 5.69 Å². The van der Waals surface area contributed by atoms with Crippen molar-refractivity contribution < 1.29 is 17.9 Å². The zero-order valence-electron chi connectivity index (χ0n) is 13.2. The van der Waals surface area contributed by atoms with Gasteiger partial charge >= 0.3 is 0 Å². The Labute approximate surface area is 136 Å². The Balaban J connectivity index is 1.84. The lowest BCUT2D eigenvalue weighted by Gasteiger charge is -2.29. The number of carbonyl (C=O) groups excluding carboxylic acids is 1. The molecule has 0 radical (unpaired) electrons. The Morgan fingerprint density at radius 1 is 1.26 bits per heavy atom. The van der Waals surface area contributed by atoms with Gasteiger partial charge in [-0.1, -0.05) is 19.3 Å². The van der Waals surface area contributed by atoms with Gasteiger partial charge in [0.15, 0.2) is 0 Å². The second-order valence-corrected chi connectivity index (χ2v) is 7.82. The van der Waals surface area contributed by atoms with Crippen molar-refractivity contribution in [1.29, 1.82) is 0 Å². The molecule has 0 bridgehead atoms. The van der Waals surface area contributed by atoms with Crippen LogP contribution in [0.5, 0.6) is 5.75 Å². The highest BCUT2D eigenvalue weighted by molar-refractivity contribution is 7.89. The van der Waals surface area contributed by atoms with Crippen LogP contribution in [-0.4, -0.2) is 33.5 Å². The van der Waals surface area contributed by atoms with Gasteiger partial charge in [0, 0.05) is 19.0 Å². The van der Waals surface area contributed by atoms with Crippen LogP contribution in [0, 0.1) is 0 Å². The third-order valence-electron chi connectivity index (χ3n) is 4.41. The molecule has 1 aliphatic heterocycles. The zero-order chi connectivity index (χ0) is 16.4. The van der Waals surface area contributed by atoms with E-state index in [1.165, 1.54) is 25.5 Å². The summed E-state index contributed by atoms with van der Waals surface area (Å²) in [6.07, 6.45) is 5.07. The molecular weight excluding hydrogens is 316 g/mol. The first-order chi connectivity index (χ1) is 11.0. The molecule has 0 aromatic heterocycles. The Morgan fingerprint density at radius 2 is 2.00 bits per heavy atom. The van der Waals surface area contributed by atoms with Crippen LogP contribution >= 0.6 is 0 Å². The molecule has 1 aromatic carbocycles. The van der Waals surface area contributed by atoms with Crippen molar-refractivity contribution in [2.75, 3.05) is 18.1 Å². The number of hydrogen-bond donors (Lipinski definition) is 1. The number of amides is 1. The lowest BCUT2D eigenvalue weighted by atomic mass is 9.96. The molecule has 7 heteroatoms. The van der Waals surface area contributed by atoms with E-state index < -0.39 is 10.0 Å². The van der Waals surface area contributed by atoms with E-state index in [4.69, 9.17) is 4.74 Å². The Kier molecular flexibility index (Phi) is 4.59. The minimum absolute atomic E-state index is 0.0134. The van der Waals surface area contributed by atoms with E-state index in [2.05, 4.69) is 4.72 Å². The summed E-state index contributed by atoms with van der Waals surface area (Å²) >= 11 is 0. The van der Waals surface area contributed by atoms with Crippen LogP contribution in [0.1, 0.15) is 39.0 Å². The molecule has 23 heavy (non-hydrogen) atoms. The van der Waals surface area contributed by atoms with Crippen molar-refractivity contribution in [3.8, 4) is 5.75 Å². The summed E-state index contributed by atoms with van der Waals surface area (Å²) in [5.41, 5.74) is 0.625. The zero-order valence-corrected chi connectivity index (χ0v) is 14.1. The summed E-state index contributed by atoms with van der Waals surface area (Å²) in [6.45, 7) is 2.34. The van der Waals surface area contributed by atoms with Gasteiger partial charge in [-0.05, 0) is 25.0 Å². The first kappa shape index (κ1) is 16.3. The van der Waals surface area contributed by atoms with E-state index in [9.17, 15) is 13.2 Å². The summed E-state index contributed by atoms with van der Waals surface area (Å²) in [6, 6.07) is 4.70. The number of ether oxygens (including phenoxy) is 1. The second kappa shape index (κ2) is 6.49. The fraction of sp³-hybridized carbons (Fsp3) is 0.562. The van der Waals surface area contributed by atoms with Crippen LogP contribution in [0.3, 0.4) is 0 Å². The third-order valence-corrected chi connectivity index (χ3v) is 5.93. The first-order valence-electron chi connectivity index (χ1n) is 8.05. The number of nitrogens with zero attached hydrogens (tertiary/aromatic N) is 1. The fourth-order valence-corrected chi connectivity index (χ4v) is 4.52. The highest BCUT2D eigenvalue weighted by Gasteiger charge is 2.26. The molecule has 126 valence electrons. The third kappa shape index (κ3) is 3.50. The number of fused-ring (bicyclic) bond motifs is 1. The number of nitrogens with one attached hydrogen (secondary N) is 1. The summed E-state index contributed by atoms with van der Waals surface area (Å²) in [5, 5.41) is 0. The molecule has 1 fully saturated rings. The maximum Gasteiger partial charge on any atom is 0.240 e. The lowest BCUT2D eigenvalue weighted by Crippen LogP contribution is -2.37. The van der Waals surface area contributed by atoms with Crippen LogP contribution < -0.4 is 14.4 Å². The van der Waals surface area contributed by atoms with E-state index in [-0.39, 0.29) is 16.8 Å². The number of anilines is 1. The summed E-state index contributed by atoms with van der Waals surface area (Å²) in [4.78, 5) is 13.4. The number of sulfonamides is 1. The molecule has 1 aliphatic carbocycles. The van der Waals surface area contributed by atoms with Crippen molar-refractivity contribution in [1.82, 2.24) is 4.72 Å². The number of hydrogen-bond acceptors (Lipinski definition) is 4. The van der Waals surface area contributed by atoms with Gasteiger partial charge in [0.1, 0.15) is 12.4 Å². The van der Waals surface area contributed by atoms with Gasteiger partial charge in [-0.15, -0.1) is 0 Å². The van der Waals surface area contributed by atoms with E-state index in [1.807, 2.05) is 0 Å². The Bertz CT molecular complexity index is 696. The number of benzene rings is 1. The monoisotopic (exact) mass is 338 g/mol. The highest BCUT2D eigenvalue weighted by atomic mass is 32.2. The van der Waals surface area contributed by atoms with Gasteiger partial charge in [-0.2, -0.15) is 0 Å². The molecule has 1 heterocycles. The molecule has 2 aliphatic rings. The average molecular weight is 338 g/mol. The summed E-state index contributed by atoms with van der Waals surface area (Å²) < 4.78 is 33.4. The van der Waals surface area contributed by atoms with Crippen LogP contribution in [0.2, 0.25) is 0 Å². The molecular formula is C16H22N2O4S. The maximum absolute atomic E-state index is 12.6. The number of carbonyl (C=O) groups is 1. The maximum atomic E-state index is 12.6. The SMILES string of the molecule is CC(=O)N1CCOc2cc(S(=O)(=O)NC3CCCCC3)ccc21. The van der Waals surface area contributed by atoms with E-state index in [0.29, 0.717) is 24.6 Å². The first-order valence-corrected chi connectivity index (χ1v) is 9.53. The lowest BCUT2D eigenvalue weighted by molar-refractivity contribution is -0.116. The predicted molar refractivity (Wildman–Crippen MR) is 87.2 cm³/mol. The molecule has 1 amide bonds. The molecule has 6 nitrogen and oxygen atoms in total. The summed E-state index contributed by atoms with van der Waals surface area (Å²) in [7, 11) is -3.56. The van der Waals surface area contributed by atoms with Crippen LogP contribution in [-0.2, 0) is 14.8 Å². The van der Waals surface area contributed by atoms with Gasteiger partial charge < -0.3 is 9.64 Å². The van der Waals surface area contributed by atoms with Gasteiger partial charge in [0.25, 0.3) is 0 Å². The fourth-order valence-electron chi connectivity index (χ4n) is 3.20. The molecule has 1 aromatic rings. The van der Waals surface area contributed by atoms with Crippen molar-refractivity contribution in [3.05, 3.63) is 18.2 Å². The van der Waals surface area contributed by atoms with Gasteiger partial charge in [-0.25, -0.2) is 13.1 Å². The molecule has 1 saturated carbocycles. The second-order valence-electron chi connectivity index (χ2n) is 6.10. The van der Waals surface area contributed by atoms with Crippen LogP contribution in [0.25, 0.3) is 0 Å². The molecule has 1 N–H and O–H groups in total. The van der Waals surface area contributed by atoms with E-state index in [1.54, 1.807) is 11.0 Å². The van der Waals surface area contributed by atoms with Crippen molar-refractivity contribution in [2.45, 2.75) is 50.0 Å². The van der Waals surface area contributed by atoms with Crippen molar-refractivity contribution >= 4 is 21.6 Å². The molecule has 0 atom stereocenters. The molecule has 0 spiro atoms. The van der Waals surface area contributed by atoms with Gasteiger partial charge in [-0.3, -0.25) is 4.79 Å². The van der Waals surface area contributed by atoms with Gasteiger partial charge in [0.05, 0.1) is 17.1 Å².